The second kappa shape index (κ2) is 10.8. The second-order valence-corrected chi connectivity index (χ2v) is 12.6. The van der Waals surface area contributed by atoms with E-state index in [2.05, 4.69) is 63.3 Å². The van der Waals surface area contributed by atoms with E-state index >= 15 is 0 Å². The molecule has 1 aliphatic rings. The maximum Gasteiger partial charge on any atom is 0.203 e. The molecular formula is C24H43N3OS. The van der Waals surface area contributed by atoms with E-state index in [0.29, 0.717) is 30.2 Å². The second-order valence-electron chi connectivity index (χ2n) is 9.07. The van der Waals surface area contributed by atoms with Gasteiger partial charge in [-0.25, -0.2) is 4.98 Å². The van der Waals surface area contributed by atoms with E-state index < -0.39 is 9.21 Å². The molecule has 0 radical (unpaired) electrons. The fourth-order valence-electron chi connectivity index (χ4n) is 4.99. The van der Waals surface area contributed by atoms with Crippen LogP contribution in [0.2, 0.25) is 0 Å². The highest BCUT2D eigenvalue weighted by molar-refractivity contribution is 8.31. The van der Waals surface area contributed by atoms with Crippen LogP contribution in [0.25, 0.3) is 0 Å². The van der Waals surface area contributed by atoms with Crippen LogP contribution in [0.5, 0.6) is 0 Å². The number of H-pyrrole nitrogens is 1. The number of carbonyl (C=O) groups excluding carboxylic acids is 1. The Morgan fingerprint density at radius 1 is 1.21 bits per heavy atom. The lowest BCUT2D eigenvalue weighted by Crippen LogP contribution is -2.45. The number of aromatic amines is 1. The van der Waals surface area contributed by atoms with Crippen molar-refractivity contribution < 1.29 is 4.79 Å². The van der Waals surface area contributed by atoms with E-state index in [4.69, 9.17) is 0 Å². The molecule has 2 rings (SSSR count). The van der Waals surface area contributed by atoms with Gasteiger partial charge in [0.25, 0.3) is 0 Å². The summed E-state index contributed by atoms with van der Waals surface area (Å²) < 4.78 is 0. The number of unbranched alkanes of at least 4 members (excludes halogenated alkanes) is 1. The minimum atomic E-state index is -1.11. The van der Waals surface area contributed by atoms with Gasteiger partial charge in [-0.1, -0.05) is 47.5 Å². The maximum atomic E-state index is 13.2. The predicted octanol–water partition coefficient (Wildman–Crippen LogP) is 5.85. The zero-order chi connectivity index (χ0) is 21.6. The number of ketones is 1. The molecule has 2 atom stereocenters. The van der Waals surface area contributed by atoms with Gasteiger partial charge < -0.3 is 4.98 Å². The SMILES string of the molecule is CCCCS1(CC(C)C)=C(CCC)C(CC)N(C(C)C)C=1CC(=O)c1ncc[nH]1. The van der Waals surface area contributed by atoms with Gasteiger partial charge in [0.2, 0.25) is 5.78 Å². The van der Waals surface area contributed by atoms with Crippen LogP contribution in [0, 0.1) is 5.92 Å². The average molecular weight is 422 g/mol. The van der Waals surface area contributed by atoms with E-state index in [0.717, 1.165) is 6.42 Å². The van der Waals surface area contributed by atoms with Gasteiger partial charge in [0, 0.05) is 29.5 Å². The maximum absolute atomic E-state index is 13.2. The fraction of sp³-hybridized carbons (Fsp3) is 0.750. The first-order valence-electron chi connectivity index (χ1n) is 11.6. The Labute approximate surface area is 179 Å². The minimum Gasteiger partial charge on any atom is -0.342 e. The molecule has 0 bridgehead atoms. The molecule has 29 heavy (non-hydrogen) atoms. The zero-order valence-electron chi connectivity index (χ0n) is 19.8. The summed E-state index contributed by atoms with van der Waals surface area (Å²) in [6.45, 7) is 16.2. The summed E-state index contributed by atoms with van der Waals surface area (Å²) in [5.41, 5.74) is 0. The van der Waals surface area contributed by atoms with Gasteiger partial charge in [0.05, 0.1) is 6.42 Å². The zero-order valence-corrected chi connectivity index (χ0v) is 20.6. The van der Waals surface area contributed by atoms with Crippen molar-refractivity contribution in [3.8, 4) is 0 Å². The van der Waals surface area contributed by atoms with E-state index in [1.807, 2.05) is 0 Å². The highest BCUT2D eigenvalue weighted by atomic mass is 32.2. The Morgan fingerprint density at radius 3 is 2.41 bits per heavy atom. The monoisotopic (exact) mass is 421 g/mol. The Kier molecular flexibility index (Phi) is 9.02. The van der Waals surface area contributed by atoms with E-state index in [1.165, 1.54) is 42.2 Å². The summed E-state index contributed by atoms with van der Waals surface area (Å²) in [4.78, 5) is 26.4. The highest BCUT2D eigenvalue weighted by Crippen LogP contribution is 2.44. The van der Waals surface area contributed by atoms with Gasteiger partial charge in [0.1, 0.15) is 0 Å². The molecule has 166 valence electrons. The molecule has 0 spiro atoms. The van der Waals surface area contributed by atoms with E-state index in [-0.39, 0.29) is 5.78 Å². The van der Waals surface area contributed by atoms with E-state index in [1.54, 1.807) is 17.3 Å². The van der Waals surface area contributed by atoms with Crippen molar-refractivity contribution in [3.63, 3.8) is 0 Å². The van der Waals surface area contributed by atoms with Gasteiger partial charge in [-0.15, -0.1) is 0 Å². The number of nitrogens with zero attached hydrogens (tertiary/aromatic N) is 2. The first-order chi connectivity index (χ1) is 13.8. The molecule has 0 saturated carbocycles. The Balaban J connectivity index is 2.76. The Morgan fingerprint density at radius 2 is 1.93 bits per heavy atom. The number of hydrogen-bond acceptors (Lipinski definition) is 3. The third-order valence-corrected chi connectivity index (χ3v) is 10.9. The Bertz CT molecular complexity index is 783. The highest BCUT2D eigenvalue weighted by Gasteiger charge is 2.39. The van der Waals surface area contributed by atoms with Crippen molar-refractivity contribution >= 4 is 24.8 Å². The summed E-state index contributed by atoms with van der Waals surface area (Å²) in [7, 11) is -1.11. The molecule has 1 N–H and O–H groups in total. The van der Waals surface area contributed by atoms with Crippen LogP contribution in [0.15, 0.2) is 12.4 Å². The molecule has 0 aliphatic carbocycles. The summed E-state index contributed by atoms with van der Waals surface area (Å²) >= 11 is 0. The van der Waals surface area contributed by atoms with Gasteiger partial charge in [-0.2, -0.15) is 9.21 Å². The van der Waals surface area contributed by atoms with Crippen LogP contribution in [0.3, 0.4) is 0 Å². The van der Waals surface area contributed by atoms with Crippen LogP contribution >= 0.6 is 9.21 Å². The average Bonchev–Trinajstić information content (AvgIpc) is 3.27. The lowest BCUT2D eigenvalue weighted by molar-refractivity contribution is 0.0987. The lowest BCUT2D eigenvalue weighted by atomic mass is 10.0. The molecule has 0 amide bonds. The fourth-order valence-corrected chi connectivity index (χ4v) is 10.8. The standard InChI is InChI=1S/C24H43N3OS/c1-8-11-15-29(17-18(4)5)22(12-9-2)20(10-3)27(19(6)7)23(29)16-21(28)24-25-13-14-26-24/h13-14,18-20H,8-12,15-17H2,1-7H3,(H,25,26). The number of carbonyl (C=O) groups is 1. The molecule has 2 heterocycles. The van der Waals surface area contributed by atoms with E-state index in [9.17, 15) is 4.79 Å². The number of imidazole rings is 1. The quantitative estimate of drug-likeness (QED) is 0.340. The molecule has 4 nitrogen and oxygen atoms in total. The summed E-state index contributed by atoms with van der Waals surface area (Å²) in [5.74, 6) is 3.75. The van der Waals surface area contributed by atoms with Gasteiger partial charge in [-0.05, 0) is 55.4 Å². The number of rotatable bonds is 12. The molecule has 0 aromatic carbocycles. The molecule has 1 aliphatic heterocycles. The van der Waals surface area contributed by atoms with Gasteiger partial charge in [0.15, 0.2) is 5.82 Å². The molecular weight excluding hydrogens is 378 g/mol. The Hall–Kier alpha value is -1.07. The topological polar surface area (TPSA) is 49.0 Å². The van der Waals surface area contributed by atoms with Crippen molar-refractivity contribution in [2.75, 3.05) is 11.5 Å². The normalized spacial score (nSPS) is 23.0. The first-order valence-corrected chi connectivity index (χ1v) is 13.6. The summed E-state index contributed by atoms with van der Waals surface area (Å²) in [6.07, 6.45) is 9.93. The van der Waals surface area contributed by atoms with Crippen molar-refractivity contribution in [2.45, 2.75) is 99.1 Å². The molecule has 5 heteroatoms. The van der Waals surface area contributed by atoms with Crippen LogP contribution in [0.4, 0.5) is 0 Å². The number of hydrogen-bond donors (Lipinski definition) is 1. The summed E-state index contributed by atoms with van der Waals surface area (Å²) in [6, 6.07) is 0.898. The van der Waals surface area contributed by atoms with Crippen molar-refractivity contribution in [1.29, 1.82) is 0 Å². The largest absolute Gasteiger partial charge is 0.342 e. The molecule has 0 fully saturated rings. The van der Waals surface area contributed by atoms with Crippen molar-refractivity contribution in [3.05, 3.63) is 18.2 Å². The number of Topliss-reactive ketones (excluding diaryl/α,β-unsaturated/α-hetero) is 1. The van der Waals surface area contributed by atoms with Gasteiger partial charge >= 0.3 is 0 Å². The predicted molar refractivity (Wildman–Crippen MR) is 131 cm³/mol. The number of nitrogens with one attached hydrogen (secondary N) is 1. The molecule has 1 aromatic heterocycles. The first kappa shape index (κ1) is 24.2. The van der Waals surface area contributed by atoms with Crippen LogP contribution in [-0.4, -0.2) is 54.1 Å². The third kappa shape index (κ3) is 5.16. The molecule has 1 aromatic rings. The number of aromatic nitrogens is 2. The van der Waals surface area contributed by atoms with Crippen molar-refractivity contribution in [1.82, 2.24) is 14.9 Å². The lowest BCUT2D eigenvalue weighted by Gasteiger charge is -2.33. The van der Waals surface area contributed by atoms with Crippen molar-refractivity contribution in [2.24, 2.45) is 5.92 Å². The molecule has 0 saturated heterocycles. The van der Waals surface area contributed by atoms with Crippen LogP contribution in [-0.2, 0) is 0 Å². The van der Waals surface area contributed by atoms with Crippen LogP contribution in [0.1, 0.15) is 97.6 Å². The van der Waals surface area contributed by atoms with Crippen LogP contribution < -0.4 is 0 Å². The third-order valence-electron chi connectivity index (χ3n) is 5.93. The molecule has 2 unspecified atom stereocenters. The summed E-state index contributed by atoms with van der Waals surface area (Å²) in [5, 5.41) is 0. The smallest absolute Gasteiger partial charge is 0.203 e. The minimum absolute atomic E-state index is 0.139. The van der Waals surface area contributed by atoms with Gasteiger partial charge in [-0.3, -0.25) is 9.69 Å².